The number of nitrogens with one attached hydrogen (secondary N) is 2. The lowest BCUT2D eigenvalue weighted by molar-refractivity contribution is -0.902. The first-order valence-electron chi connectivity index (χ1n) is 9.41. The number of hydrogen-bond donors (Lipinski definition) is 2. The molecule has 10 heteroatoms. The highest BCUT2D eigenvalue weighted by atomic mass is 16.6. The molecule has 2 heterocycles. The lowest BCUT2D eigenvalue weighted by Crippen LogP contribution is -3.17. The molecule has 10 nitrogen and oxygen atoms in total. The number of rotatable bonds is 8. The third-order valence-corrected chi connectivity index (χ3v) is 4.46. The van der Waals surface area contributed by atoms with Crippen LogP contribution >= 0.6 is 0 Å². The molecule has 1 fully saturated rings. The zero-order valence-electron chi connectivity index (χ0n) is 16.6. The van der Waals surface area contributed by atoms with E-state index in [9.17, 15) is 14.4 Å². The minimum absolute atomic E-state index is 0.0493. The molecule has 0 unspecified atom stereocenters. The predicted octanol–water partition coefficient (Wildman–Crippen LogP) is -1.82. The van der Waals surface area contributed by atoms with E-state index < -0.39 is 23.4 Å². The summed E-state index contributed by atoms with van der Waals surface area (Å²) in [5.41, 5.74) is -1.86. The summed E-state index contributed by atoms with van der Waals surface area (Å²) < 4.78 is 10.2. The number of carbonyl (C=O) groups excluding carboxylic acids is 3. The van der Waals surface area contributed by atoms with Crippen molar-refractivity contribution in [3.8, 4) is 0 Å². The van der Waals surface area contributed by atoms with Crippen molar-refractivity contribution in [2.24, 2.45) is 0 Å². The number of amides is 1. The van der Waals surface area contributed by atoms with Crippen LogP contribution in [0.25, 0.3) is 0 Å². The summed E-state index contributed by atoms with van der Waals surface area (Å²) in [6.07, 6.45) is 3.37. The van der Waals surface area contributed by atoms with Gasteiger partial charge in [0.1, 0.15) is 6.54 Å². The van der Waals surface area contributed by atoms with E-state index in [-0.39, 0.29) is 19.8 Å². The van der Waals surface area contributed by atoms with Crippen LogP contribution in [0.2, 0.25) is 0 Å². The molecule has 0 bridgehead atoms. The number of piperazine rings is 1. The van der Waals surface area contributed by atoms with E-state index in [1.54, 1.807) is 32.3 Å². The van der Waals surface area contributed by atoms with Gasteiger partial charge in [-0.2, -0.15) is 0 Å². The molecule has 1 amide bonds. The van der Waals surface area contributed by atoms with Gasteiger partial charge < -0.3 is 24.6 Å². The quantitative estimate of drug-likeness (QED) is 0.391. The number of hydrogen-bond acceptors (Lipinski definition) is 8. The van der Waals surface area contributed by atoms with Crippen LogP contribution in [0.5, 0.6) is 0 Å². The van der Waals surface area contributed by atoms with E-state index >= 15 is 0 Å². The smallest absolute Gasteiger partial charge is 0.349 e. The van der Waals surface area contributed by atoms with Crippen molar-refractivity contribution in [1.29, 1.82) is 0 Å². The van der Waals surface area contributed by atoms with E-state index in [1.165, 1.54) is 6.92 Å². The van der Waals surface area contributed by atoms with Gasteiger partial charge >= 0.3 is 11.9 Å². The Morgan fingerprint density at radius 2 is 1.64 bits per heavy atom. The Morgan fingerprint density at radius 3 is 2.11 bits per heavy atom. The lowest BCUT2D eigenvalue weighted by Gasteiger charge is -2.37. The third kappa shape index (κ3) is 5.16. The van der Waals surface area contributed by atoms with Crippen LogP contribution in [0.1, 0.15) is 20.8 Å². The maximum Gasteiger partial charge on any atom is 0.349 e. The van der Waals surface area contributed by atoms with Gasteiger partial charge in [0.15, 0.2) is 0 Å². The van der Waals surface area contributed by atoms with Crippen molar-refractivity contribution in [3.63, 3.8) is 0 Å². The first-order chi connectivity index (χ1) is 13.4. The van der Waals surface area contributed by atoms with Crippen LogP contribution in [-0.4, -0.2) is 79.3 Å². The highest BCUT2D eigenvalue weighted by molar-refractivity contribution is 6.07. The first kappa shape index (κ1) is 21.5. The van der Waals surface area contributed by atoms with Gasteiger partial charge in [-0.1, -0.05) is 0 Å². The van der Waals surface area contributed by atoms with Crippen LogP contribution in [-0.2, 0) is 23.9 Å². The SMILES string of the molecule is CCOC(=O)C(C[NH+]1CCN(c2ncccn2)CC1)(NC(C)=O)C(=O)OCC. The first-order valence-corrected chi connectivity index (χ1v) is 9.41. The van der Waals surface area contributed by atoms with Gasteiger partial charge in [-0.05, 0) is 19.9 Å². The van der Waals surface area contributed by atoms with Crippen LogP contribution in [0, 0.1) is 0 Å². The molecular formula is C18H28N5O5+. The Hall–Kier alpha value is -2.75. The van der Waals surface area contributed by atoms with Crippen molar-refractivity contribution in [2.75, 3.05) is 50.8 Å². The number of anilines is 1. The lowest BCUT2D eigenvalue weighted by atomic mass is 9.98. The number of aromatic nitrogens is 2. The monoisotopic (exact) mass is 394 g/mol. The summed E-state index contributed by atoms with van der Waals surface area (Å²) in [5.74, 6) is -1.46. The number of esters is 2. The van der Waals surface area contributed by atoms with Crippen molar-refractivity contribution in [1.82, 2.24) is 15.3 Å². The predicted molar refractivity (Wildman–Crippen MR) is 99.6 cm³/mol. The van der Waals surface area contributed by atoms with Gasteiger partial charge in [0.05, 0.1) is 39.4 Å². The highest BCUT2D eigenvalue weighted by Crippen LogP contribution is 2.11. The van der Waals surface area contributed by atoms with Crippen LogP contribution in [0.3, 0.4) is 0 Å². The molecule has 0 aromatic carbocycles. The number of ether oxygens (including phenoxy) is 2. The number of nitrogens with zero attached hydrogens (tertiary/aromatic N) is 3. The Morgan fingerprint density at radius 1 is 1.11 bits per heavy atom. The van der Waals surface area contributed by atoms with Gasteiger partial charge in [0.25, 0.3) is 5.54 Å². The molecule has 1 aliphatic heterocycles. The van der Waals surface area contributed by atoms with E-state index in [2.05, 4.69) is 15.3 Å². The van der Waals surface area contributed by atoms with Gasteiger partial charge in [-0.25, -0.2) is 19.6 Å². The summed E-state index contributed by atoms with van der Waals surface area (Å²) in [4.78, 5) is 48.7. The van der Waals surface area contributed by atoms with Gasteiger partial charge in [0, 0.05) is 19.3 Å². The van der Waals surface area contributed by atoms with Crippen molar-refractivity contribution >= 4 is 23.8 Å². The van der Waals surface area contributed by atoms with E-state index in [0.717, 1.165) is 4.90 Å². The maximum atomic E-state index is 12.7. The molecule has 0 saturated carbocycles. The summed E-state index contributed by atoms with van der Waals surface area (Å²) in [6, 6.07) is 1.76. The average molecular weight is 394 g/mol. The molecule has 154 valence electrons. The fourth-order valence-corrected chi connectivity index (χ4v) is 3.21. The Kier molecular flexibility index (Phi) is 7.68. The zero-order valence-corrected chi connectivity index (χ0v) is 16.6. The fourth-order valence-electron chi connectivity index (χ4n) is 3.21. The van der Waals surface area contributed by atoms with E-state index in [1.807, 2.05) is 4.90 Å². The molecule has 28 heavy (non-hydrogen) atoms. The topological polar surface area (TPSA) is 115 Å². The number of carbonyl (C=O) groups is 3. The average Bonchev–Trinajstić information content (AvgIpc) is 2.68. The molecule has 0 aliphatic carbocycles. The van der Waals surface area contributed by atoms with E-state index in [0.29, 0.717) is 32.1 Å². The molecule has 0 spiro atoms. The van der Waals surface area contributed by atoms with Gasteiger partial charge in [-0.15, -0.1) is 0 Å². The molecule has 1 aromatic heterocycles. The number of quaternary nitrogens is 1. The summed E-state index contributed by atoms with van der Waals surface area (Å²) in [5, 5.41) is 2.51. The second kappa shape index (κ2) is 9.98. The van der Waals surface area contributed by atoms with Crippen LogP contribution in [0.15, 0.2) is 18.5 Å². The van der Waals surface area contributed by atoms with E-state index in [4.69, 9.17) is 9.47 Å². The standard InChI is InChI=1S/C18H27N5O5/c1-4-27-15(25)18(21-14(3)24,16(26)28-5-2)13-22-9-11-23(12-10-22)17-19-7-6-8-20-17/h6-8H,4-5,9-13H2,1-3H3,(H,21,24)/p+1. The third-order valence-electron chi connectivity index (χ3n) is 4.46. The molecule has 0 atom stereocenters. The Labute approximate surface area is 164 Å². The fraction of sp³-hybridized carbons (Fsp3) is 0.611. The second-order valence-electron chi connectivity index (χ2n) is 6.49. The van der Waals surface area contributed by atoms with Crippen molar-refractivity contribution in [3.05, 3.63) is 18.5 Å². The summed E-state index contributed by atoms with van der Waals surface area (Å²) >= 11 is 0. The Balaban J connectivity index is 2.16. The summed E-state index contributed by atoms with van der Waals surface area (Å²) in [7, 11) is 0. The second-order valence-corrected chi connectivity index (χ2v) is 6.49. The van der Waals surface area contributed by atoms with Crippen molar-refractivity contribution in [2.45, 2.75) is 26.3 Å². The normalized spacial score (nSPS) is 15.0. The molecule has 2 N–H and O–H groups in total. The van der Waals surface area contributed by atoms with Crippen molar-refractivity contribution < 1.29 is 28.8 Å². The van der Waals surface area contributed by atoms with Gasteiger partial charge in [-0.3, -0.25) is 4.79 Å². The summed E-state index contributed by atoms with van der Waals surface area (Å²) in [6.45, 7) is 7.36. The molecule has 1 saturated heterocycles. The van der Waals surface area contributed by atoms with Crippen LogP contribution in [0.4, 0.5) is 5.95 Å². The molecule has 1 aromatic rings. The minimum atomic E-state index is -1.86. The zero-order chi connectivity index (χ0) is 20.6. The van der Waals surface area contributed by atoms with Gasteiger partial charge in [0.2, 0.25) is 11.9 Å². The minimum Gasteiger partial charge on any atom is -0.464 e. The van der Waals surface area contributed by atoms with Crippen LogP contribution < -0.4 is 15.1 Å². The largest absolute Gasteiger partial charge is 0.464 e. The molecular weight excluding hydrogens is 366 g/mol. The molecule has 1 aliphatic rings. The Bertz CT molecular complexity index is 658. The highest BCUT2D eigenvalue weighted by Gasteiger charge is 2.53. The molecule has 2 rings (SSSR count). The maximum absolute atomic E-state index is 12.7. The molecule has 0 radical (unpaired) electrons.